The summed E-state index contributed by atoms with van der Waals surface area (Å²) in [6, 6.07) is 15.2. The van der Waals surface area contributed by atoms with Gasteiger partial charge in [0.25, 0.3) is 5.91 Å². The molecule has 0 saturated carbocycles. The van der Waals surface area contributed by atoms with Crippen LogP contribution in [0.15, 0.2) is 54.6 Å². The van der Waals surface area contributed by atoms with Crippen LogP contribution < -0.4 is 4.90 Å². The van der Waals surface area contributed by atoms with Crippen molar-refractivity contribution in [3.8, 4) is 0 Å². The van der Waals surface area contributed by atoms with Crippen molar-refractivity contribution in [2.45, 2.75) is 11.8 Å². The fraction of sp³-hybridized carbons (Fsp3) is 0.133. The van der Waals surface area contributed by atoms with Crippen LogP contribution in [0, 0.1) is 0 Å². The second-order valence-corrected chi connectivity index (χ2v) is 6.35. The second kappa shape index (κ2) is 6.52. The summed E-state index contributed by atoms with van der Waals surface area (Å²) >= 11 is 0. The molecule has 1 radical (unpaired) electrons. The maximum Gasteiger partial charge on any atom is 0.259 e. The van der Waals surface area contributed by atoms with Crippen molar-refractivity contribution >= 4 is 51.3 Å². The Hall–Kier alpha value is -1.18. The van der Waals surface area contributed by atoms with E-state index in [0.717, 1.165) is 4.90 Å². The van der Waals surface area contributed by atoms with Crippen molar-refractivity contribution in [3.05, 3.63) is 65.7 Å². The van der Waals surface area contributed by atoms with Gasteiger partial charge in [-0.2, -0.15) is 0 Å². The molecule has 0 N–H and O–H groups in total. The van der Waals surface area contributed by atoms with Gasteiger partial charge in [0.15, 0.2) is 0 Å². The van der Waals surface area contributed by atoms with E-state index in [1.54, 1.807) is 54.6 Å². The third-order valence-corrected chi connectivity index (χ3v) is 4.55. The Morgan fingerprint density at radius 3 is 2.27 bits per heavy atom. The topological polar surface area (TPSA) is 77.5 Å². The summed E-state index contributed by atoms with van der Waals surface area (Å²) in [5.74, 6) is -0.482. The van der Waals surface area contributed by atoms with Crippen LogP contribution in [0.2, 0.25) is 0 Å². The molecule has 0 aliphatic carbocycles. The molecule has 2 aromatic carbocycles. The third kappa shape index (κ3) is 3.11. The predicted octanol–water partition coefficient (Wildman–Crippen LogP) is 1.38. The molecule has 1 atom stereocenters. The van der Waals surface area contributed by atoms with Crippen molar-refractivity contribution in [2.24, 2.45) is 0 Å². The Morgan fingerprint density at radius 2 is 1.64 bits per heavy atom. The number of hydrogen-bond donors (Lipinski definition) is 0. The Balaban J connectivity index is 0.00000176. The number of carbonyl (C=O) groups excluding carboxylic acids is 1. The van der Waals surface area contributed by atoms with Crippen molar-refractivity contribution in [1.29, 1.82) is 0 Å². The van der Waals surface area contributed by atoms with E-state index in [-0.39, 0.29) is 36.0 Å². The Bertz CT molecular complexity index is 792. The minimum Gasteiger partial charge on any atom is -0.746 e. The Labute approximate surface area is 151 Å². The molecule has 0 bridgehead atoms. The molecule has 2 aromatic rings. The smallest absolute Gasteiger partial charge is 0.259 e. The van der Waals surface area contributed by atoms with E-state index in [0.29, 0.717) is 16.8 Å². The van der Waals surface area contributed by atoms with Crippen molar-refractivity contribution in [2.75, 3.05) is 4.90 Å². The molecule has 1 aliphatic heterocycles. The van der Waals surface area contributed by atoms with Gasteiger partial charge in [-0.3, -0.25) is 9.69 Å². The van der Waals surface area contributed by atoms with Gasteiger partial charge in [0, 0.05) is 47.2 Å². The maximum absolute atomic E-state index is 12.6. The number of fused-ring (bicyclic) bond motifs is 1. The van der Waals surface area contributed by atoms with Crippen LogP contribution in [0.25, 0.3) is 0 Å². The average Bonchev–Trinajstić information content (AvgIpc) is 2.87. The normalized spacial score (nSPS) is 16.8. The minimum absolute atomic E-state index is 0. The molecule has 0 aromatic heterocycles. The number of para-hydroxylation sites is 1. The molecule has 0 saturated heterocycles. The van der Waals surface area contributed by atoms with Crippen LogP contribution in [-0.4, -0.2) is 53.8 Å². The zero-order valence-corrected chi connectivity index (χ0v) is 14.8. The van der Waals surface area contributed by atoms with Crippen molar-refractivity contribution in [3.63, 3.8) is 0 Å². The van der Waals surface area contributed by atoms with Gasteiger partial charge in [0.1, 0.15) is 15.5 Å². The summed E-state index contributed by atoms with van der Waals surface area (Å²) in [6.45, 7) is 0. The zero-order valence-electron chi connectivity index (χ0n) is 12.0. The van der Waals surface area contributed by atoms with Crippen LogP contribution in [0.1, 0.15) is 15.9 Å². The van der Waals surface area contributed by atoms with E-state index in [9.17, 15) is 17.8 Å². The second-order valence-electron chi connectivity index (χ2n) is 4.82. The van der Waals surface area contributed by atoms with Gasteiger partial charge in [-0.25, -0.2) is 8.42 Å². The molecule has 0 fully saturated rings. The van der Waals surface area contributed by atoms with Crippen LogP contribution >= 0.6 is 0 Å². The minimum atomic E-state index is -4.62. The van der Waals surface area contributed by atoms with Gasteiger partial charge >= 0.3 is 0 Å². The van der Waals surface area contributed by atoms with Crippen LogP contribution in [0.5, 0.6) is 0 Å². The Morgan fingerprint density at radius 1 is 1.05 bits per heavy atom. The molecule has 1 unspecified atom stereocenters. The molecule has 3 rings (SSSR count). The standard InChI is InChI=1S/C15H13NO4S.Na/c17-15(11-6-2-1-3-7-11)16-13-9-5-4-8-12(13)10-14(16)21(18,19)20;/h1-9,14H,10H2,(H,18,19,20);/p-1. The van der Waals surface area contributed by atoms with E-state index in [4.69, 9.17) is 0 Å². The summed E-state index contributed by atoms with van der Waals surface area (Å²) in [5, 5.41) is -1.39. The van der Waals surface area contributed by atoms with Crippen molar-refractivity contribution in [1.82, 2.24) is 0 Å². The van der Waals surface area contributed by atoms with Gasteiger partial charge in [-0.15, -0.1) is 0 Å². The fourth-order valence-electron chi connectivity index (χ4n) is 2.54. The number of hydrogen-bond acceptors (Lipinski definition) is 4. The average molecular weight is 325 g/mol. The van der Waals surface area contributed by atoms with Gasteiger partial charge in [0.05, 0.1) is 0 Å². The first-order chi connectivity index (χ1) is 9.98. The van der Waals surface area contributed by atoms with Crippen molar-refractivity contribution < 1.29 is 17.8 Å². The number of benzene rings is 2. The van der Waals surface area contributed by atoms with E-state index in [1.165, 1.54) is 0 Å². The monoisotopic (exact) mass is 325 g/mol. The summed E-state index contributed by atoms with van der Waals surface area (Å²) < 4.78 is 34.5. The maximum atomic E-state index is 12.6. The summed E-state index contributed by atoms with van der Waals surface area (Å²) in [6.07, 6.45) is 0.0284. The van der Waals surface area contributed by atoms with Crippen LogP contribution in [-0.2, 0) is 16.5 Å². The third-order valence-electron chi connectivity index (χ3n) is 3.51. The molecular weight excluding hydrogens is 313 g/mol. The predicted molar refractivity (Wildman–Crippen MR) is 82.6 cm³/mol. The molecule has 5 nitrogen and oxygen atoms in total. The summed E-state index contributed by atoms with van der Waals surface area (Å²) in [5.41, 5.74) is 1.52. The number of amides is 1. The number of nitrogens with zero attached hydrogens (tertiary/aromatic N) is 1. The van der Waals surface area contributed by atoms with E-state index in [2.05, 4.69) is 0 Å². The van der Waals surface area contributed by atoms with Gasteiger partial charge in [0.2, 0.25) is 0 Å². The zero-order chi connectivity index (χ0) is 15.0. The first-order valence-corrected chi connectivity index (χ1v) is 7.87. The van der Waals surface area contributed by atoms with Crippen LogP contribution in [0.3, 0.4) is 0 Å². The molecule has 22 heavy (non-hydrogen) atoms. The molecular formula is C15H12NNaO4S-. The van der Waals surface area contributed by atoms with Gasteiger partial charge < -0.3 is 4.55 Å². The van der Waals surface area contributed by atoms with Crippen LogP contribution in [0.4, 0.5) is 5.69 Å². The van der Waals surface area contributed by atoms with Gasteiger partial charge in [-0.1, -0.05) is 36.4 Å². The molecule has 0 spiro atoms. The molecule has 1 aliphatic rings. The SMILES string of the molecule is O=C(c1ccccc1)N1c2ccccc2CC1S(=O)(=O)[O-].[Na]. The summed E-state index contributed by atoms with van der Waals surface area (Å²) in [7, 11) is -4.62. The molecule has 1 heterocycles. The largest absolute Gasteiger partial charge is 0.746 e. The van der Waals surface area contributed by atoms with Gasteiger partial charge in [-0.05, 0) is 23.8 Å². The van der Waals surface area contributed by atoms with E-state index < -0.39 is 21.4 Å². The number of rotatable bonds is 2. The Kier molecular flexibility index (Phi) is 5.09. The first-order valence-electron chi connectivity index (χ1n) is 6.40. The van der Waals surface area contributed by atoms with E-state index in [1.807, 2.05) is 0 Å². The molecule has 1 amide bonds. The molecule has 109 valence electrons. The number of anilines is 1. The number of carbonyl (C=O) groups is 1. The summed E-state index contributed by atoms with van der Waals surface area (Å²) in [4.78, 5) is 13.7. The first kappa shape index (κ1) is 17.2. The molecule has 7 heteroatoms. The quantitative estimate of drug-likeness (QED) is 0.617. The fourth-order valence-corrected chi connectivity index (χ4v) is 3.40. The van der Waals surface area contributed by atoms with E-state index >= 15 is 0 Å².